The molecule has 0 aromatic carbocycles. The fraction of sp³-hybridized carbons (Fsp3) is 0.857. The number of hydrogen-bond donors (Lipinski definition) is 2. The molecule has 1 aliphatic rings. The van der Waals surface area contributed by atoms with Crippen molar-refractivity contribution in [2.24, 2.45) is 0 Å². The highest BCUT2D eigenvalue weighted by molar-refractivity contribution is 5.81. The van der Waals surface area contributed by atoms with Crippen LogP contribution in [0.25, 0.3) is 0 Å². The average Bonchev–Trinajstić information content (AvgIpc) is 1.97. The predicted octanol–water partition coefficient (Wildman–Crippen LogP) is -1.09. The Labute approximate surface area is 69.6 Å². The van der Waals surface area contributed by atoms with Crippen LogP contribution in [-0.4, -0.2) is 52.5 Å². The first-order valence-corrected chi connectivity index (χ1v) is 3.75. The standard InChI is InChI=1S/C7H12FNO3/c1-5(11)6(12)9-2-7(8,3-9)4-10/h5,10-11H,2-4H2,1H3. The van der Waals surface area contributed by atoms with Gasteiger partial charge < -0.3 is 15.1 Å². The van der Waals surface area contributed by atoms with E-state index in [9.17, 15) is 9.18 Å². The molecule has 1 saturated heterocycles. The zero-order valence-corrected chi connectivity index (χ0v) is 6.83. The van der Waals surface area contributed by atoms with Gasteiger partial charge in [0.25, 0.3) is 5.91 Å². The van der Waals surface area contributed by atoms with Crippen molar-refractivity contribution in [2.75, 3.05) is 19.7 Å². The van der Waals surface area contributed by atoms with E-state index in [1.165, 1.54) is 11.8 Å². The van der Waals surface area contributed by atoms with Crippen molar-refractivity contribution in [3.8, 4) is 0 Å². The highest BCUT2D eigenvalue weighted by Gasteiger charge is 2.45. The summed E-state index contributed by atoms with van der Waals surface area (Å²) in [6.45, 7) is 0.524. The van der Waals surface area contributed by atoms with Gasteiger partial charge in [0, 0.05) is 0 Å². The van der Waals surface area contributed by atoms with E-state index in [4.69, 9.17) is 10.2 Å². The summed E-state index contributed by atoms with van der Waals surface area (Å²) in [4.78, 5) is 12.1. The summed E-state index contributed by atoms with van der Waals surface area (Å²) in [5.74, 6) is -0.489. The Bertz CT molecular complexity index is 189. The van der Waals surface area contributed by atoms with Gasteiger partial charge in [-0.1, -0.05) is 0 Å². The first-order valence-electron chi connectivity index (χ1n) is 3.75. The first-order chi connectivity index (χ1) is 5.48. The Hall–Kier alpha value is -0.680. The minimum atomic E-state index is -1.65. The van der Waals surface area contributed by atoms with Crippen molar-refractivity contribution < 1.29 is 19.4 Å². The fourth-order valence-corrected chi connectivity index (χ4v) is 1.16. The molecule has 1 fully saturated rings. The smallest absolute Gasteiger partial charge is 0.251 e. The molecular formula is C7H12FNO3. The van der Waals surface area contributed by atoms with E-state index >= 15 is 0 Å². The number of amides is 1. The van der Waals surface area contributed by atoms with E-state index in [0.29, 0.717) is 0 Å². The molecule has 5 heteroatoms. The molecule has 0 bridgehead atoms. The lowest BCUT2D eigenvalue weighted by molar-refractivity contribution is -0.156. The molecule has 0 saturated carbocycles. The molecule has 1 heterocycles. The molecule has 0 aromatic rings. The van der Waals surface area contributed by atoms with Crippen LogP contribution in [0.5, 0.6) is 0 Å². The molecule has 0 radical (unpaired) electrons. The van der Waals surface area contributed by atoms with Crippen LogP contribution >= 0.6 is 0 Å². The van der Waals surface area contributed by atoms with Gasteiger partial charge in [0.1, 0.15) is 6.10 Å². The lowest BCUT2D eigenvalue weighted by Crippen LogP contribution is -2.64. The van der Waals surface area contributed by atoms with E-state index in [1.807, 2.05) is 0 Å². The Morgan fingerprint density at radius 2 is 2.25 bits per heavy atom. The molecule has 2 N–H and O–H groups in total. The van der Waals surface area contributed by atoms with E-state index in [2.05, 4.69) is 0 Å². The molecular weight excluding hydrogens is 165 g/mol. The van der Waals surface area contributed by atoms with E-state index in [1.54, 1.807) is 0 Å². The topological polar surface area (TPSA) is 60.8 Å². The first kappa shape index (κ1) is 9.41. The number of hydrogen-bond acceptors (Lipinski definition) is 3. The van der Waals surface area contributed by atoms with E-state index < -0.39 is 24.3 Å². The average molecular weight is 177 g/mol. The number of likely N-dealkylation sites (tertiary alicyclic amines) is 1. The molecule has 1 amide bonds. The number of aliphatic hydroxyl groups excluding tert-OH is 2. The second kappa shape index (κ2) is 2.99. The molecule has 1 rings (SSSR count). The highest BCUT2D eigenvalue weighted by atomic mass is 19.1. The Kier molecular flexibility index (Phi) is 2.34. The molecule has 0 aromatic heterocycles. The van der Waals surface area contributed by atoms with Gasteiger partial charge in [-0.15, -0.1) is 0 Å². The summed E-state index contributed by atoms with van der Waals surface area (Å²) in [7, 11) is 0. The second-order valence-corrected chi connectivity index (χ2v) is 3.18. The second-order valence-electron chi connectivity index (χ2n) is 3.18. The van der Waals surface area contributed by atoms with Crippen LogP contribution in [0.15, 0.2) is 0 Å². The van der Waals surface area contributed by atoms with Gasteiger partial charge in [-0.05, 0) is 6.92 Å². The Balaban J connectivity index is 2.39. The molecule has 12 heavy (non-hydrogen) atoms. The number of rotatable bonds is 2. The zero-order chi connectivity index (χ0) is 9.35. The lowest BCUT2D eigenvalue weighted by atomic mass is 9.97. The summed E-state index contributed by atoms with van der Waals surface area (Å²) in [6, 6.07) is 0. The minimum absolute atomic E-state index is 0.118. The predicted molar refractivity (Wildman–Crippen MR) is 39.2 cm³/mol. The fourth-order valence-electron chi connectivity index (χ4n) is 1.16. The van der Waals surface area contributed by atoms with Gasteiger partial charge in [-0.3, -0.25) is 4.79 Å². The maximum atomic E-state index is 13.0. The van der Waals surface area contributed by atoms with Crippen LogP contribution in [0.1, 0.15) is 6.92 Å². The number of carbonyl (C=O) groups excluding carboxylic acids is 1. The summed E-state index contributed by atoms with van der Waals surface area (Å²) >= 11 is 0. The molecule has 4 nitrogen and oxygen atoms in total. The third kappa shape index (κ3) is 1.56. The normalized spacial score (nSPS) is 23.2. The highest BCUT2D eigenvalue weighted by Crippen LogP contribution is 2.24. The Morgan fingerprint density at radius 3 is 2.58 bits per heavy atom. The third-order valence-corrected chi connectivity index (χ3v) is 1.90. The van der Waals surface area contributed by atoms with Crippen LogP contribution in [0.4, 0.5) is 4.39 Å². The third-order valence-electron chi connectivity index (χ3n) is 1.90. The van der Waals surface area contributed by atoms with E-state index in [-0.39, 0.29) is 13.1 Å². The summed E-state index contributed by atoms with van der Waals surface area (Å²) in [6.07, 6.45) is -1.09. The number of aliphatic hydroxyl groups is 2. The van der Waals surface area contributed by atoms with E-state index in [0.717, 1.165) is 0 Å². The number of halogens is 1. The molecule has 1 aliphatic heterocycles. The summed E-state index contributed by atoms with van der Waals surface area (Å²) in [5, 5.41) is 17.3. The van der Waals surface area contributed by atoms with Gasteiger partial charge in [0.15, 0.2) is 5.67 Å². The van der Waals surface area contributed by atoms with Crippen LogP contribution in [0, 0.1) is 0 Å². The summed E-state index contributed by atoms with van der Waals surface area (Å²) < 4.78 is 13.0. The van der Waals surface area contributed by atoms with Gasteiger partial charge in [0.05, 0.1) is 19.7 Å². The SMILES string of the molecule is CC(O)C(=O)N1CC(F)(CO)C1. The molecule has 1 unspecified atom stereocenters. The lowest BCUT2D eigenvalue weighted by Gasteiger charge is -2.43. The van der Waals surface area contributed by atoms with Crippen molar-refractivity contribution in [3.05, 3.63) is 0 Å². The van der Waals surface area contributed by atoms with Gasteiger partial charge in [-0.2, -0.15) is 0 Å². The van der Waals surface area contributed by atoms with Crippen LogP contribution in [0.3, 0.4) is 0 Å². The largest absolute Gasteiger partial charge is 0.393 e. The van der Waals surface area contributed by atoms with Crippen molar-refractivity contribution in [3.63, 3.8) is 0 Å². The van der Waals surface area contributed by atoms with Crippen molar-refractivity contribution in [2.45, 2.75) is 18.7 Å². The quantitative estimate of drug-likeness (QED) is 0.563. The number of nitrogens with zero attached hydrogens (tertiary/aromatic N) is 1. The minimum Gasteiger partial charge on any atom is -0.393 e. The van der Waals surface area contributed by atoms with Crippen molar-refractivity contribution >= 4 is 5.91 Å². The Morgan fingerprint density at radius 1 is 1.75 bits per heavy atom. The van der Waals surface area contributed by atoms with Crippen LogP contribution in [-0.2, 0) is 4.79 Å². The molecule has 70 valence electrons. The maximum absolute atomic E-state index is 13.0. The molecule has 0 aliphatic carbocycles. The summed E-state index contributed by atoms with van der Waals surface area (Å²) in [5.41, 5.74) is -1.65. The monoisotopic (exact) mass is 177 g/mol. The number of carbonyl (C=O) groups is 1. The van der Waals surface area contributed by atoms with Gasteiger partial charge in [0.2, 0.25) is 0 Å². The molecule has 0 spiro atoms. The van der Waals surface area contributed by atoms with Gasteiger partial charge >= 0.3 is 0 Å². The van der Waals surface area contributed by atoms with Gasteiger partial charge in [-0.25, -0.2) is 4.39 Å². The maximum Gasteiger partial charge on any atom is 0.251 e. The van der Waals surface area contributed by atoms with Crippen molar-refractivity contribution in [1.82, 2.24) is 4.90 Å². The molecule has 1 atom stereocenters. The van der Waals surface area contributed by atoms with Crippen molar-refractivity contribution in [1.29, 1.82) is 0 Å². The zero-order valence-electron chi connectivity index (χ0n) is 6.83. The van der Waals surface area contributed by atoms with Crippen LogP contribution < -0.4 is 0 Å². The van der Waals surface area contributed by atoms with Crippen LogP contribution in [0.2, 0.25) is 0 Å². The number of alkyl halides is 1.